The summed E-state index contributed by atoms with van der Waals surface area (Å²) in [4.78, 5) is 27.7. The van der Waals surface area contributed by atoms with Crippen LogP contribution in [0.15, 0.2) is 30.6 Å². The standard InChI is InChI=1S/C31H32ClF2N7O3/c1-17(33)30(42)41-10-9-40(15-19(41)5-7-35)29-26-25(37-31(38-29)44-16-20-4-3-8-39(20)2)14-22(21-6-11-43-28(21)26)23-12-18(36)13-24(34)27(23)32/h12-14,19-20H,1,3-6,8-11,15-16,36H2,2H3/t19-,20-/m0/s1. The molecular weight excluding hydrogens is 592 g/mol. The number of hydrogen-bond donors (Lipinski definition) is 1. The van der Waals surface area contributed by atoms with E-state index >= 15 is 0 Å². The molecule has 44 heavy (non-hydrogen) atoms. The first-order chi connectivity index (χ1) is 21.2. The number of benzene rings is 2. The fourth-order valence-corrected chi connectivity index (χ4v) is 6.59. The van der Waals surface area contributed by atoms with Gasteiger partial charge >= 0.3 is 6.01 Å². The number of nitrogen functional groups attached to an aromatic ring is 1. The molecule has 1 amide bonds. The van der Waals surface area contributed by atoms with E-state index in [2.05, 4.69) is 24.6 Å². The molecule has 13 heteroatoms. The SMILES string of the molecule is C=C(F)C(=O)N1CCN(c2nc(OC[C@@H]3CCCN3C)nc3cc(-c4cc(N)cc(F)c4Cl)c4c(c23)OCC4)C[C@@H]1CC#N. The van der Waals surface area contributed by atoms with Crippen LogP contribution in [0.25, 0.3) is 22.0 Å². The highest BCUT2D eigenvalue weighted by atomic mass is 35.5. The van der Waals surface area contributed by atoms with Crippen LogP contribution in [0.2, 0.25) is 5.02 Å². The Morgan fingerprint density at radius 2 is 2.07 bits per heavy atom. The minimum absolute atomic E-state index is 0.00580. The van der Waals surface area contributed by atoms with Crippen LogP contribution < -0.4 is 20.1 Å². The minimum atomic E-state index is -1.07. The van der Waals surface area contributed by atoms with Gasteiger partial charge in [0.1, 0.15) is 24.0 Å². The third-order valence-electron chi connectivity index (χ3n) is 8.62. The molecule has 10 nitrogen and oxygen atoms in total. The Labute approximate surface area is 258 Å². The van der Waals surface area contributed by atoms with Gasteiger partial charge in [-0.15, -0.1) is 0 Å². The molecule has 3 aliphatic heterocycles. The molecule has 230 valence electrons. The fourth-order valence-electron chi connectivity index (χ4n) is 6.38. The van der Waals surface area contributed by atoms with Crippen LogP contribution in [0.4, 0.5) is 20.3 Å². The van der Waals surface area contributed by atoms with Crippen LogP contribution >= 0.6 is 11.6 Å². The van der Waals surface area contributed by atoms with Crippen LogP contribution in [-0.2, 0) is 11.2 Å². The molecule has 2 N–H and O–H groups in total. The summed E-state index contributed by atoms with van der Waals surface area (Å²) in [5.41, 5.74) is 8.61. The fraction of sp³-hybridized carbons (Fsp3) is 0.419. The zero-order chi connectivity index (χ0) is 31.1. The van der Waals surface area contributed by atoms with E-state index in [0.29, 0.717) is 59.8 Å². The first-order valence-corrected chi connectivity index (χ1v) is 14.9. The Bertz CT molecular complexity index is 1700. The summed E-state index contributed by atoms with van der Waals surface area (Å²) >= 11 is 6.45. The summed E-state index contributed by atoms with van der Waals surface area (Å²) in [6.07, 6.45) is 2.60. The van der Waals surface area contributed by atoms with Gasteiger partial charge < -0.3 is 29.9 Å². The summed E-state index contributed by atoms with van der Waals surface area (Å²) in [5, 5.41) is 10.1. The molecule has 3 aromatic rings. The molecule has 0 spiro atoms. The average Bonchev–Trinajstić information content (AvgIpc) is 3.66. The van der Waals surface area contributed by atoms with E-state index in [1.807, 2.05) is 11.0 Å². The second-order valence-electron chi connectivity index (χ2n) is 11.4. The van der Waals surface area contributed by atoms with E-state index in [1.54, 1.807) is 6.07 Å². The molecule has 4 heterocycles. The predicted octanol–water partition coefficient (Wildman–Crippen LogP) is 4.49. The number of anilines is 2. The number of halogens is 3. The van der Waals surface area contributed by atoms with Crippen molar-refractivity contribution in [3.63, 3.8) is 0 Å². The molecule has 0 unspecified atom stereocenters. The molecule has 1 aromatic heterocycles. The third kappa shape index (κ3) is 5.46. The van der Waals surface area contributed by atoms with E-state index in [1.165, 1.54) is 11.0 Å². The molecule has 2 fully saturated rings. The lowest BCUT2D eigenvalue weighted by Crippen LogP contribution is -2.55. The van der Waals surface area contributed by atoms with Gasteiger partial charge in [0.05, 0.1) is 41.1 Å². The van der Waals surface area contributed by atoms with Gasteiger partial charge in [-0.05, 0) is 50.2 Å². The third-order valence-corrected chi connectivity index (χ3v) is 9.01. The van der Waals surface area contributed by atoms with Crippen molar-refractivity contribution in [3.8, 4) is 29.0 Å². The van der Waals surface area contributed by atoms with Crippen LogP contribution in [-0.4, -0.2) is 84.2 Å². The number of nitrogens with zero attached hydrogens (tertiary/aromatic N) is 6. The maximum absolute atomic E-state index is 14.7. The van der Waals surface area contributed by atoms with Gasteiger partial charge in [-0.2, -0.15) is 15.2 Å². The number of aromatic nitrogens is 2. The summed E-state index contributed by atoms with van der Waals surface area (Å²) in [7, 11) is 2.05. The summed E-state index contributed by atoms with van der Waals surface area (Å²) < 4.78 is 40.9. The van der Waals surface area contributed by atoms with Crippen molar-refractivity contribution >= 4 is 39.9 Å². The molecule has 2 saturated heterocycles. The summed E-state index contributed by atoms with van der Waals surface area (Å²) in [6, 6.07) is 6.50. The van der Waals surface area contributed by atoms with Gasteiger partial charge in [-0.1, -0.05) is 18.2 Å². The molecular formula is C31H32ClF2N7O3. The Morgan fingerprint density at radius 3 is 2.80 bits per heavy atom. The number of amides is 1. The molecule has 2 atom stereocenters. The van der Waals surface area contributed by atoms with Crippen molar-refractivity contribution in [2.24, 2.45) is 0 Å². The highest BCUT2D eigenvalue weighted by Gasteiger charge is 2.35. The van der Waals surface area contributed by atoms with Crippen LogP contribution in [0.3, 0.4) is 0 Å². The molecule has 0 saturated carbocycles. The van der Waals surface area contributed by atoms with E-state index in [9.17, 15) is 18.8 Å². The van der Waals surface area contributed by atoms with Crippen molar-refractivity contribution in [1.82, 2.24) is 19.8 Å². The highest BCUT2D eigenvalue weighted by Crippen LogP contribution is 2.46. The Morgan fingerprint density at radius 1 is 1.25 bits per heavy atom. The van der Waals surface area contributed by atoms with Crippen LogP contribution in [0.1, 0.15) is 24.8 Å². The summed E-state index contributed by atoms with van der Waals surface area (Å²) in [5.74, 6) is -1.48. The van der Waals surface area contributed by atoms with Gasteiger partial charge in [0.15, 0.2) is 5.83 Å². The van der Waals surface area contributed by atoms with Gasteiger partial charge in [0.2, 0.25) is 0 Å². The number of carbonyl (C=O) groups excluding carboxylic acids is 1. The number of ether oxygens (including phenoxy) is 2. The normalized spacial score (nSPS) is 20.0. The van der Waals surface area contributed by atoms with Crippen molar-refractivity contribution in [2.75, 3.05) is 57.1 Å². The molecule has 6 rings (SSSR count). The van der Waals surface area contributed by atoms with Gasteiger partial charge in [-0.3, -0.25) is 4.79 Å². The number of likely N-dealkylation sites (N-methyl/N-ethyl adjacent to an activating group) is 1. The second kappa shape index (κ2) is 12.1. The number of rotatable bonds is 7. The first-order valence-electron chi connectivity index (χ1n) is 14.5. The number of piperazine rings is 1. The van der Waals surface area contributed by atoms with Crippen molar-refractivity contribution in [3.05, 3.63) is 47.0 Å². The van der Waals surface area contributed by atoms with E-state index in [4.69, 9.17) is 36.8 Å². The molecule has 3 aliphatic rings. The Hall–Kier alpha value is -4.21. The highest BCUT2D eigenvalue weighted by molar-refractivity contribution is 6.33. The number of likely N-dealkylation sites (tertiary alicyclic amines) is 1. The predicted molar refractivity (Wildman–Crippen MR) is 163 cm³/mol. The number of hydrogen-bond acceptors (Lipinski definition) is 9. The van der Waals surface area contributed by atoms with Crippen LogP contribution in [0.5, 0.6) is 11.8 Å². The Balaban J connectivity index is 1.48. The van der Waals surface area contributed by atoms with E-state index in [0.717, 1.165) is 24.9 Å². The first kappa shape index (κ1) is 29.8. The molecule has 0 radical (unpaired) electrons. The molecule has 0 bridgehead atoms. The number of carbonyl (C=O) groups is 1. The zero-order valence-corrected chi connectivity index (χ0v) is 25.0. The number of fused-ring (bicyclic) bond motifs is 3. The average molecular weight is 624 g/mol. The lowest BCUT2D eigenvalue weighted by molar-refractivity contribution is -0.131. The Kier molecular flexibility index (Phi) is 8.18. The maximum Gasteiger partial charge on any atom is 0.319 e. The van der Waals surface area contributed by atoms with E-state index in [-0.39, 0.29) is 42.3 Å². The van der Waals surface area contributed by atoms with Gasteiger partial charge in [0.25, 0.3) is 5.91 Å². The summed E-state index contributed by atoms with van der Waals surface area (Å²) in [6.45, 7) is 5.58. The minimum Gasteiger partial charge on any atom is -0.492 e. The van der Waals surface area contributed by atoms with Crippen LogP contribution in [0, 0.1) is 17.1 Å². The molecule has 0 aliphatic carbocycles. The molecule has 2 aromatic carbocycles. The maximum atomic E-state index is 14.7. The lowest BCUT2D eigenvalue weighted by atomic mass is 9.94. The quantitative estimate of drug-likeness (QED) is 0.300. The largest absolute Gasteiger partial charge is 0.492 e. The second-order valence-corrected chi connectivity index (χ2v) is 11.7. The zero-order valence-electron chi connectivity index (χ0n) is 24.3. The number of nitriles is 1. The monoisotopic (exact) mass is 623 g/mol. The topological polar surface area (TPSA) is 121 Å². The van der Waals surface area contributed by atoms with Crippen molar-refractivity contribution in [1.29, 1.82) is 5.26 Å². The smallest absolute Gasteiger partial charge is 0.319 e. The lowest BCUT2D eigenvalue weighted by Gasteiger charge is -2.41. The van der Waals surface area contributed by atoms with Crippen molar-refractivity contribution in [2.45, 2.75) is 37.8 Å². The van der Waals surface area contributed by atoms with E-state index < -0.39 is 23.6 Å². The van der Waals surface area contributed by atoms with Crippen molar-refractivity contribution < 1.29 is 23.0 Å². The number of nitrogens with two attached hydrogens (primary N) is 1. The van der Waals surface area contributed by atoms with Gasteiger partial charge in [-0.25, -0.2) is 8.78 Å². The van der Waals surface area contributed by atoms with Gasteiger partial charge in [0, 0.05) is 48.9 Å².